The van der Waals surface area contributed by atoms with Crippen LogP contribution in [0.15, 0.2) is 8.83 Å². The summed E-state index contributed by atoms with van der Waals surface area (Å²) in [4.78, 5) is 37.2. The molecule has 8 nitrogen and oxygen atoms in total. The third-order valence-electron chi connectivity index (χ3n) is 4.70. The average Bonchev–Trinajstić information content (AvgIpc) is 3.18. The van der Waals surface area contributed by atoms with Crippen LogP contribution in [0, 0.1) is 25.7 Å². The van der Waals surface area contributed by atoms with Gasteiger partial charge in [-0.25, -0.2) is 9.97 Å². The molecule has 0 N–H and O–H groups in total. The minimum Gasteiger partial charge on any atom is -0.435 e. The lowest BCUT2D eigenvalue weighted by Crippen LogP contribution is -2.37. The largest absolute Gasteiger partial charge is 0.435 e. The van der Waals surface area contributed by atoms with Gasteiger partial charge in [-0.15, -0.1) is 0 Å². The topological polar surface area (TPSA) is 92.7 Å². The zero-order chi connectivity index (χ0) is 22.6. The van der Waals surface area contributed by atoms with Gasteiger partial charge >= 0.3 is 0 Å². The number of likely N-dealkylation sites (N-methyl/N-ethyl adjacent to an activating group) is 2. The van der Waals surface area contributed by atoms with Gasteiger partial charge in [0.2, 0.25) is 11.5 Å². The average molecular weight is 419 g/mol. The minimum atomic E-state index is -0.245. The maximum Gasteiger partial charge on any atom is 0.291 e. The smallest absolute Gasteiger partial charge is 0.291 e. The summed E-state index contributed by atoms with van der Waals surface area (Å²) in [6.45, 7) is 12.5. The van der Waals surface area contributed by atoms with Crippen molar-refractivity contribution in [2.75, 3.05) is 27.2 Å². The van der Waals surface area contributed by atoms with Crippen LogP contribution >= 0.6 is 0 Å². The van der Waals surface area contributed by atoms with Gasteiger partial charge in [-0.2, -0.15) is 0 Å². The molecule has 2 heterocycles. The summed E-state index contributed by atoms with van der Waals surface area (Å²) in [7, 11) is 3.37. The van der Waals surface area contributed by atoms with Crippen molar-refractivity contribution in [1.29, 1.82) is 0 Å². The van der Waals surface area contributed by atoms with Crippen LogP contribution in [-0.4, -0.2) is 58.8 Å². The Balaban J connectivity index is 1.97. The summed E-state index contributed by atoms with van der Waals surface area (Å²) in [5.74, 6) is 1.96. The number of hydrogen-bond donors (Lipinski definition) is 0. The van der Waals surface area contributed by atoms with Gasteiger partial charge in [-0.05, 0) is 25.7 Å². The van der Waals surface area contributed by atoms with Gasteiger partial charge < -0.3 is 18.6 Å². The fourth-order valence-corrected chi connectivity index (χ4v) is 3.02. The number of hydrogen-bond acceptors (Lipinski definition) is 6. The monoisotopic (exact) mass is 418 g/mol. The number of aromatic nitrogens is 2. The fourth-order valence-electron chi connectivity index (χ4n) is 3.02. The maximum absolute atomic E-state index is 12.7. The summed E-state index contributed by atoms with van der Waals surface area (Å²) in [5, 5.41) is 0. The Morgan fingerprint density at radius 1 is 0.767 bits per heavy atom. The molecule has 0 spiro atoms. The molecule has 0 bridgehead atoms. The van der Waals surface area contributed by atoms with Crippen LogP contribution in [0.25, 0.3) is 0 Å². The van der Waals surface area contributed by atoms with E-state index in [0.29, 0.717) is 60.9 Å². The second kappa shape index (κ2) is 9.91. The van der Waals surface area contributed by atoms with Crippen molar-refractivity contribution in [3.63, 3.8) is 0 Å². The highest BCUT2D eigenvalue weighted by atomic mass is 16.4. The SMILES string of the molecule is Cc1nc(CC(C)C)oc1C(=O)N(C)CCN(C)C(=O)c1oc(CC(C)C)nc1C. The lowest BCUT2D eigenvalue weighted by Gasteiger charge is -2.21. The molecular formula is C22H34N4O4. The van der Waals surface area contributed by atoms with Crippen molar-refractivity contribution < 1.29 is 18.4 Å². The van der Waals surface area contributed by atoms with Crippen LogP contribution in [0.1, 0.15) is 72.0 Å². The number of rotatable bonds is 9. The number of aryl methyl sites for hydroxylation is 2. The van der Waals surface area contributed by atoms with Crippen LogP contribution in [0.2, 0.25) is 0 Å². The highest BCUT2D eigenvalue weighted by molar-refractivity contribution is 5.93. The van der Waals surface area contributed by atoms with Gasteiger partial charge in [-0.3, -0.25) is 9.59 Å². The van der Waals surface area contributed by atoms with Crippen LogP contribution < -0.4 is 0 Å². The Morgan fingerprint density at radius 3 is 1.40 bits per heavy atom. The first-order chi connectivity index (χ1) is 14.0. The first-order valence-electron chi connectivity index (χ1n) is 10.4. The normalized spacial score (nSPS) is 11.4. The molecule has 8 heteroatoms. The summed E-state index contributed by atoms with van der Waals surface area (Å²) >= 11 is 0. The number of carbonyl (C=O) groups excluding carboxylic acids is 2. The number of oxazole rings is 2. The highest BCUT2D eigenvalue weighted by Crippen LogP contribution is 2.17. The van der Waals surface area contributed by atoms with Crippen molar-refractivity contribution in [3.8, 4) is 0 Å². The van der Waals surface area contributed by atoms with Gasteiger partial charge in [0.05, 0.1) is 11.4 Å². The predicted molar refractivity (Wildman–Crippen MR) is 113 cm³/mol. The molecule has 2 amide bonds. The molecule has 0 unspecified atom stereocenters. The van der Waals surface area contributed by atoms with E-state index in [4.69, 9.17) is 8.83 Å². The molecule has 2 aromatic rings. The van der Waals surface area contributed by atoms with Crippen LogP contribution in [0.4, 0.5) is 0 Å². The lowest BCUT2D eigenvalue weighted by atomic mass is 10.1. The Kier molecular flexibility index (Phi) is 7.81. The zero-order valence-corrected chi connectivity index (χ0v) is 19.4. The highest BCUT2D eigenvalue weighted by Gasteiger charge is 2.24. The molecule has 0 radical (unpaired) electrons. The van der Waals surface area contributed by atoms with E-state index in [1.54, 1.807) is 27.9 Å². The van der Waals surface area contributed by atoms with Crippen molar-refractivity contribution in [2.45, 2.75) is 54.4 Å². The summed E-state index contributed by atoms with van der Waals surface area (Å²) < 4.78 is 11.4. The lowest BCUT2D eigenvalue weighted by molar-refractivity contribution is 0.0683. The number of carbonyl (C=O) groups is 2. The number of amides is 2. The molecule has 0 saturated heterocycles. The van der Waals surface area contributed by atoms with Crippen molar-refractivity contribution in [3.05, 3.63) is 34.7 Å². The predicted octanol–water partition coefficient (Wildman–Crippen LogP) is 3.52. The molecule has 0 aliphatic heterocycles. The molecule has 0 aliphatic rings. The molecule has 2 aromatic heterocycles. The minimum absolute atomic E-state index is 0.245. The first kappa shape index (κ1) is 23.6. The van der Waals surface area contributed by atoms with Gasteiger partial charge in [0.15, 0.2) is 11.8 Å². The Morgan fingerprint density at radius 2 is 1.10 bits per heavy atom. The van der Waals surface area contributed by atoms with Gasteiger partial charge in [0.25, 0.3) is 11.8 Å². The Labute approximate surface area is 178 Å². The van der Waals surface area contributed by atoms with Gasteiger partial charge in [-0.1, -0.05) is 27.7 Å². The van der Waals surface area contributed by atoms with E-state index in [2.05, 4.69) is 37.7 Å². The molecule has 30 heavy (non-hydrogen) atoms. The molecular weight excluding hydrogens is 384 g/mol. The quantitative estimate of drug-likeness (QED) is 0.619. The molecule has 0 aromatic carbocycles. The van der Waals surface area contributed by atoms with Crippen LogP contribution in [-0.2, 0) is 12.8 Å². The van der Waals surface area contributed by atoms with E-state index < -0.39 is 0 Å². The van der Waals surface area contributed by atoms with E-state index in [9.17, 15) is 9.59 Å². The second-order valence-corrected chi connectivity index (χ2v) is 8.69. The van der Waals surface area contributed by atoms with Crippen molar-refractivity contribution in [1.82, 2.24) is 19.8 Å². The third kappa shape index (κ3) is 5.93. The number of nitrogens with zero attached hydrogens (tertiary/aromatic N) is 4. The molecule has 0 atom stereocenters. The summed E-state index contributed by atoms with van der Waals surface area (Å²) in [5.41, 5.74) is 1.17. The summed E-state index contributed by atoms with van der Waals surface area (Å²) in [6, 6.07) is 0. The van der Waals surface area contributed by atoms with Crippen molar-refractivity contribution in [2.24, 2.45) is 11.8 Å². The van der Waals surface area contributed by atoms with E-state index >= 15 is 0 Å². The first-order valence-corrected chi connectivity index (χ1v) is 10.4. The molecule has 166 valence electrons. The standard InChI is InChI=1S/C22H34N4O4/c1-13(2)11-17-23-15(5)19(29-17)21(27)25(7)9-10-26(8)22(28)20-16(6)24-18(30-20)12-14(3)4/h13-14H,9-12H2,1-8H3. The third-order valence-corrected chi connectivity index (χ3v) is 4.70. The molecule has 0 fully saturated rings. The molecule has 0 aliphatic carbocycles. The van der Waals surface area contributed by atoms with Gasteiger partial charge in [0, 0.05) is 40.0 Å². The van der Waals surface area contributed by atoms with Crippen LogP contribution in [0.5, 0.6) is 0 Å². The second-order valence-electron chi connectivity index (χ2n) is 8.69. The molecule has 2 rings (SSSR count). The maximum atomic E-state index is 12.7. The Hall–Kier alpha value is -2.64. The van der Waals surface area contributed by atoms with E-state index in [-0.39, 0.29) is 23.3 Å². The van der Waals surface area contributed by atoms with E-state index in [0.717, 1.165) is 0 Å². The van der Waals surface area contributed by atoms with Crippen molar-refractivity contribution >= 4 is 11.8 Å². The van der Waals surface area contributed by atoms with E-state index in [1.807, 2.05) is 0 Å². The van der Waals surface area contributed by atoms with Crippen LogP contribution in [0.3, 0.4) is 0 Å². The fraction of sp³-hybridized carbons (Fsp3) is 0.636. The Bertz CT molecular complexity index is 810. The van der Waals surface area contributed by atoms with Gasteiger partial charge in [0.1, 0.15) is 0 Å². The summed E-state index contributed by atoms with van der Waals surface area (Å²) in [6.07, 6.45) is 1.37. The van der Waals surface area contributed by atoms with E-state index in [1.165, 1.54) is 9.80 Å². The molecule has 0 saturated carbocycles. The zero-order valence-electron chi connectivity index (χ0n) is 19.4.